The van der Waals surface area contributed by atoms with Crippen LogP contribution in [0.25, 0.3) is 0 Å². The van der Waals surface area contributed by atoms with E-state index in [1.54, 1.807) is 11.9 Å². The zero-order chi connectivity index (χ0) is 12.3. The third kappa shape index (κ3) is 2.52. The number of carbonyl (C=O) groups excluding carboxylic acids is 1. The van der Waals surface area contributed by atoms with E-state index in [1.165, 1.54) is 5.56 Å². The number of nitrogens with one attached hydrogen (secondary N) is 2. The fourth-order valence-corrected chi connectivity index (χ4v) is 1.97. The van der Waals surface area contributed by atoms with E-state index >= 15 is 0 Å². The summed E-state index contributed by atoms with van der Waals surface area (Å²) in [4.78, 5) is 13.5. The molecule has 1 aromatic rings. The average Bonchev–Trinajstić information content (AvgIpc) is 2.38. The third-order valence-corrected chi connectivity index (χ3v) is 3.14. The van der Waals surface area contributed by atoms with E-state index in [-0.39, 0.29) is 6.03 Å². The Hall–Kier alpha value is -1.71. The lowest BCUT2D eigenvalue weighted by molar-refractivity contribution is 0.224. The lowest BCUT2D eigenvalue weighted by Gasteiger charge is -2.23. The van der Waals surface area contributed by atoms with Gasteiger partial charge in [0, 0.05) is 20.1 Å². The van der Waals surface area contributed by atoms with Crippen molar-refractivity contribution in [2.75, 3.05) is 30.8 Å². The van der Waals surface area contributed by atoms with Gasteiger partial charge in [-0.1, -0.05) is 12.1 Å². The number of anilines is 2. The molecule has 0 aliphatic carbocycles. The maximum absolute atomic E-state index is 11.8. The van der Waals surface area contributed by atoms with E-state index in [0.29, 0.717) is 6.54 Å². The Morgan fingerprint density at radius 2 is 2.35 bits per heavy atom. The Morgan fingerprint density at radius 1 is 1.53 bits per heavy atom. The molecule has 0 radical (unpaired) electrons. The second kappa shape index (κ2) is 5.08. The fraction of sp³-hybridized carbons (Fsp3) is 0.462. The summed E-state index contributed by atoms with van der Waals surface area (Å²) in [5.74, 6) is 0. The summed E-state index contributed by atoms with van der Waals surface area (Å²) in [5, 5.41) is 6.31. The topological polar surface area (TPSA) is 44.4 Å². The normalized spacial score (nSPS) is 13.5. The van der Waals surface area contributed by atoms with Gasteiger partial charge in [0.15, 0.2) is 0 Å². The van der Waals surface area contributed by atoms with E-state index in [0.717, 1.165) is 30.8 Å². The fourth-order valence-electron chi connectivity index (χ4n) is 1.97. The minimum atomic E-state index is -0.0618. The molecule has 0 aromatic heterocycles. The van der Waals surface area contributed by atoms with Crippen LogP contribution in [0.1, 0.15) is 18.9 Å². The molecule has 92 valence electrons. The number of hydrogen-bond acceptors (Lipinski definition) is 2. The maximum atomic E-state index is 11.8. The minimum absolute atomic E-state index is 0.0618. The van der Waals surface area contributed by atoms with Crippen LogP contribution in [0.5, 0.6) is 0 Å². The summed E-state index contributed by atoms with van der Waals surface area (Å²) in [5.41, 5.74) is 3.25. The molecular formula is C13H19N3O. The molecule has 4 nitrogen and oxygen atoms in total. The van der Waals surface area contributed by atoms with Crippen LogP contribution in [0, 0.1) is 0 Å². The van der Waals surface area contributed by atoms with Gasteiger partial charge in [-0.25, -0.2) is 4.79 Å². The van der Waals surface area contributed by atoms with Crippen LogP contribution in [0.15, 0.2) is 18.2 Å². The molecule has 17 heavy (non-hydrogen) atoms. The Bertz CT molecular complexity index is 417. The van der Waals surface area contributed by atoms with Gasteiger partial charge in [-0.15, -0.1) is 0 Å². The van der Waals surface area contributed by atoms with Crippen LogP contribution >= 0.6 is 0 Å². The van der Waals surface area contributed by atoms with Crippen LogP contribution in [-0.4, -0.2) is 31.1 Å². The highest BCUT2D eigenvalue weighted by atomic mass is 16.2. The van der Waals surface area contributed by atoms with Crippen molar-refractivity contribution < 1.29 is 4.79 Å². The summed E-state index contributed by atoms with van der Waals surface area (Å²) in [7, 11) is 1.79. The Balaban J connectivity index is 2.18. The molecule has 0 fully saturated rings. The number of fused-ring (bicyclic) bond motifs is 1. The van der Waals surface area contributed by atoms with Gasteiger partial charge in [0.1, 0.15) is 0 Å². The lowest BCUT2D eigenvalue weighted by Crippen LogP contribution is -2.31. The molecule has 0 unspecified atom stereocenters. The highest BCUT2D eigenvalue weighted by molar-refractivity contribution is 5.93. The summed E-state index contributed by atoms with van der Waals surface area (Å²) < 4.78 is 0. The van der Waals surface area contributed by atoms with Crippen LogP contribution < -0.4 is 10.6 Å². The van der Waals surface area contributed by atoms with Crippen molar-refractivity contribution in [3.63, 3.8) is 0 Å². The third-order valence-electron chi connectivity index (χ3n) is 3.14. The molecule has 0 bridgehead atoms. The van der Waals surface area contributed by atoms with E-state index in [2.05, 4.69) is 16.7 Å². The second-order valence-corrected chi connectivity index (χ2v) is 4.31. The molecule has 1 aliphatic rings. The molecule has 1 heterocycles. The second-order valence-electron chi connectivity index (χ2n) is 4.31. The zero-order valence-electron chi connectivity index (χ0n) is 10.4. The van der Waals surface area contributed by atoms with Gasteiger partial charge >= 0.3 is 6.03 Å². The van der Waals surface area contributed by atoms with Gasteiger partial charge in [-0.05, 0) is 31.4 Å². The number of hydrogen-bond donors (Lipinski definition) is 2. The molecule has 0 saturated heterocycles. The molecule has 2 rings (SSSR count). The van der Waals surface area contributed by atoms with Crippen molar-refractivity contribution in [2.45, 2.75) is 19.8 Å². The highest BCUT2D eigenvalue weighted by Crippen LogP contribution is 2.30. The Kier molecular flexibility index (Phi) is 3.52. The SMILES string of the molecule is CCN(C)C(=O)Nc1cccc2c1NCCC2. The zero-order valence-corrected chi connectivity index (χ0v) is 10.4. The summed E-state index contributed by atoms with van der Waals surface area (Å²) >= 11 is 0. The standard InChI is InChI=1S/C13H19N3O/c1-3-16(2)13(17)15-11-8-4-6-10-7-5-9-14-12(10)11/h4,6,8,14H,3,5,7,9H2,1-2H3,(H,15,17). The summed E-state index contributed by atoms with van der Waals surface area (Å²) in [6.07, 6.45) is 2.23. The van der Waals surface area contributed by atoms with Crippen LogP contribution in [0.2, 0.25) is 0 Å². The molecule has 2 amide bonds. The molecule has 4 heteroatoms. The largest absolute Gasteiger partial charge is 0.383 e. The van der Waals surface area contributed by atoms with Gasteiger partial charge in [0.2, 0.25) is 0 Å². The molecule has 1 aliphatic heterocycles. The van der Waals surface area contributed by atoms with Crippen molar-refractivity contribution in [3.8, 4) is 0 Å². The van der Waals surface area contributed by atoms with Gasteiger partial charge in [-0.2, -0.15) is 0 Å². The molecule has 0 atom stereocenters. The van der Waals surface area contributed by atoms with Gasteiger partial charge < -0.3 is 15.5 Å². The first-order valence-corrected chi connectivity index (χ1v) is 6.10. The van der Waals surface area contributed by atoms with Crippen LogP contribution in [0.3, 0.4) is 0 Å². The number of carbonyl (C=O) groups is 1. The summed E-state index contributed by atoms with van der Waals surface area (Å²) in [6, 6.07) is 5.99. The molecular weight excluding hydrogens is 214 g/mol. The van der Waals surface area contributed by atoms with Crippen molar-refractivity contribution in [1.82, 2.24) is 4.90 Å². The first-order valence-electron chi connectivity index (χ1n) is 6.10. The molecule has 0 spiro atoms. The van der Waals surface area contributed by atoms with Crippen LogP contribution in [0.4, 0.5) is 16.2 Å². The molecule has 2 N–H and O–H groups in total. The van der Waals surface area contributed by atoms with Crippen molar-refractivity contribution >= 4 is 17.4 Å². The lowest BCUT2D eigenvalue weighted by atomic mass is 10.0. The monoisotopic (exact) mass is 233 g/mol. The first kappa shape index (κ1) is 11.8. The van der Waals surface area contributed by atoms with Crippen molar-refractivity contribution in [2.24, 2.45) is 0 Å². The Morgan fingerprint density at radius 3 is 3.12 bits per heavy atom. The number of rotatable bonds is 2. The average molecular weight is 233 g/mol. The van der Waals surface area contributed by atoms with E-state index in [1.807, 2.05) is 19.1 Å². The predicted octanol–water partition coefficient (Wildman–Crippen LogP) is 2.53. The number of aryl methyl sites for hydroxylation is 1. The maximum Gasteiger partial charge on any atom is 0.321 e. The van der Waals surface area contributed by atoms with Crippen molar-refractivity contribution in [3.05, 3.63) is 23.8 Å². The van der Waals surface area contributed by atoms with E-state index < -0.39 is 0 Å². The van der Waals surface area contributed by atoms with E-state index in [9.17, 15) is 4.79 Å². The van der Waals surface area contributed by atoms with Crippen LogP contribution in [-0.2, 0) is 6.42 Å². The minimum Gasteiger partial charge on any atom is -0.383 e. The number of amides is 2. The van der Waals surface area contributed by atoms with E-state index in [4.69, 9.17) is 0 Å². The Labute approximate surface area is 102 Å². The van der Waals surface area contributed by atoms with Gasteiger partial charge in [0.05, 0.1) is 11.4 Å². The number of nitrogens with zero attached hydrogens (tertiary/aromatic N) is 1. The molecule has 1 aromatic carbocycles. The smallest absolute Gasteiger partial charge is 0.321 e. The first-order chi connectivity index (χ1) is 8.22. The summed E-state index contributed by atoms with van der Waals surface area (Å²) in [6.45, 7) is 3.63. The predicted molar refractivity (Wildman–Crippen MR) is 70.6 cm³/mol. The number of urea groups is 1. The van der Waals surface area contributed by atoms with Gasteiger partial charge in [-0.3, -0.25) is 0 Å². The molecule has 0 saturated carbocycles. The quantitative estimate of drug-likeness (QED) is 0.824. The van der Waals surface area contributed by atoms with Crippen molar-refractivity contribution in [1.29, 1.82) is 0 Å². The van der Waals surface area contributed by atoms with Gasteiger partial charge in [0.25, 0.3) is 0 Å². The number of para-hydroxylation sites is 1. The number of benzene rings is 1. The highest BCUT2D eigenvalue weighted by Gasteiger charge is 2.14.